The van der Waals surface area contributed by atoms with E-state index in [4.69, 9.17) is 17.3 Å². The fourth-order valence-electron chi connectivity index (χ4n) is 3.54. The second kappa shape index (κ2) is 5.78. The number of benzene rings is 2. The summed E-state index contributed by atoms with van der Waals surface area (Å²) in [5, 5.41) is 0.409. The van der Waals surface area contributed by atoms with Crippen LogP contribution in [0.15, 0.2) is 48.5 Å². The van der Waals surface area contributed by atoms with Crippen LogP contribution in [0.1, 0.15) is 42.7 Å². The van der Waals surface area contributed by atoms with Crippen LogP contribution in [0.4, 0.5) is 4.39 Å². The standard InChI is InChI=1S/C18H19ClFN/c19-14-9-10-16(17(20)12-14)18(21)11-5-4-8-15(18)13-6-2-1-3-7-13/h1-3,6-7,9-10,12,15H,4-5,8,11,21H2. The maximum absolute atomic E-state index is 14.4. The van der Waals surface area contributed by atoms with Crippen LogP contribution in [0, 0.1) is 5.82 Å². The first-order chi connectivity index (χ1) is 10.1. The second-order valence-corrected chi connectivity index (χ2v) is 6.31. The minimum atomic E-state index is -0.658. The molecule has 0 bridgehead atoms. The first kappa shape index (κ1) is 14.6. The lowest BCUT2D eigenvalue weighted by atomic mass is 9.67. The van der Waals surface area contributed by atoms with Crippen LogP contribution in [0.25, 0.3) is 0 Å². The smallest absolute Gasteiger partial charge is 0.129 e. The van der Waals surface area contributed by atoms with E-state index >= 15 is 0 Å². The summed E-state index contributed by atoms with van der Waals surface area (Å²) in [5.74, 6) is -0.157. The molecule has 0 aliphatic heterocycles. The quantitative estimate of drug-likeness (QED) is 0.831. The van der Waals surface area contributed by atoms with Gasteiger partial charge in [0.2, 0.25) is 0 Å². The molecule has 1 nitrogen and oxygen atoms in total. The van der Waals surface area contributed by atoms with Gasteiger partial charge in [-0.3, -0.25) is 0 Å². The molecule has 2 atom stereocenters. The van der Waals surface area contributed by atoms with Crippen molar-refractivity contribution in [3.05, 3.63) is 70.5 Å². The zero-order chi connectivity index (χ0) is 14.9. The third kappa shape index (κ3) is 2.70. The van der Waals surface area contributed by atoms with Crippen molar-refractivity contribution in [2.75, 3.05) is 0 Å². The van der Waals surface area contributed by atoms with Crippen LogP contribution in [0.2, 0.25) is 5.02 Å². The molecule has 0 spiro atoms. The van der Waals surface area contributed by atoms with Gasteiger partial charge in [-0.25, -0.2) is 4.39 Å². The summed E-state index contributed by atoms with van der Waals surface area (Å²) < 4.78 is 14.4. The highest BCUT2D eigenvalue weighted by molar-refractivity contribution is 6.30. The van der Waals surface area contributed by atoms with Crippen molar-refractivity contribution in [3.8, 4) is 0 Å². The van der Waals surface area contributed by atoms with Gasteiger partial charge < -0.3 is 5.73 Å². The monoisotopic (exact) mass is 303 g/mol. The average molecular weight is 304 g/mol. The summed E-state index contributed by atoms with van der Waals surface area (Å²) in [4.78, 5) is 0. The van der Waals surface area contributed by atoms with Crippen LogP contribution >= 0.6 is 11.6 Å². The van der Waals surface area contributed by atoms with E-state index in [0.29, 0.717) is 10.6 Å². The maximum Gasteiger partial charge on any atom is 0.129 e. The van der Waals surface area contributed by atoms with E-state index in [2.05, 4.69) is 12.1 Å². The van der Waals surface area contributed by atoms with Crippen molar-refractivity contribution in [2.24, 2.45) is 5.73 Å². The van der Waals surface area contributed by atoms with Crippen LogP contribution in [-0.4, -0.2) is 0 Å². The Bertz CT molecular complexity index is 628. The van der Waals surface area contributed by atoms with Crippen molar-refractivity contribution in [1.82, 2.24) is 0 Å². The molecule has 2 aromatic carbocycles. The lowest BCUT2D eigenvalue weighted by Gasteiger charge is -2.42. The molecular formula is C18H19ClFN. The highest BCUT2D eigenvalue weighted by atomic mass is 35.5. The Morgan fingerprint density at radius 2 is 1.86 bits per heavy atom. The van der Waals surface area contributed by atoms with Gasteiger partial charge in [0.1, 0.15) is 5.82 Å². The molecule has 2 unspecified atom stereocenters. The number of halogens is 2. The summed E-state index contributed by atoms with van der Waals surface area (Å²) in [7, 11) is 0. The fourth-order valence-corrected chi connectivity index (χ4v) is 3.70. The minimum Gasteiger partial charge on any atom is -0.321 e. The Kier molecular flexibility index (Phi) is 4.01. The Balaban J connectivity index is 2.07. The molecule has 2 aromatic rings. The van der Waals surface area contributed by atoms with E-state index in [1.807, 2.05) is 18.2 Å². The zero-order valence-corrected chi connectivity index (χ0v) is 12.6. The van der Waals surface area contributed by atoms with Crippen molar-refractivity contribution in [1.29, 1.82) is 0 Å². The predicted molar refractivity (Wildman–Crippen MR) is 84.9 cm³/mol. The zero-order valence-electron chi connectivity index (χ0n) is 11.9. The summed E-state index contributed by atoms with van der Waals surface area (Å²) in [6.45, 7) is 0. The average Bonchev–Trinajstić information content (AvgIpc) is 2.48. The van der Waals surface area contributed by atoms with E-state index in [1.165, 1.54) is 11.6 Å². The fraction of sp³-hybridized carbons (Fsp3) is 0.333. The number of nitrogens with two attached hydrogens (primary N) is 1. The third-order valence-corrected chi connectivity index (χ3v) is 4.82. The van der Waals surface area contributed by atoms with Crippen molar-refractivity contribution in [2.45, 2.75) is 37.1 Å². The summed E-state index contributed by atoms with van der Waals surface area (Å²) >= 11 is 5.87. The van der Waals surface area contributed by atoms with Gasteiger partial charge in [-0.2, -0.15) is 0 Å². The molecule has 0 saturated heterocycles. The van der Waals surface area contributed by atoms with Crippen LogP contribution in [0.3, 0.4) is 0 Å². The van der Waals surface area contributed by atoms with Gasteiger partial charge >= 0.3 is 0 Å². The summed E-state index contributed by atoms with van der Waals surface area (Å²) in [6, 6.07) is 15.0. The molecule has 0 heterocycles. The van der Waals surface area contributed by atoms with E-state index in [9.17, 15) is 4.39 Å². The normalized spacial score (nSPS) is 25.8. The molecule has 0 radical (unpaired) electrons. The van der Waals surface area contributed by atoms with Crippen molar-refractivity contribution in [3.63, 3.8) is 0 Å². The largest absolute Gasteiger partial charge is 0.321 e. The van der Waals surface area contributed by atoms with E-state index in [0.717, 1.165) is 25.7 Å². The molecule has 1 fully saturated rings. The maximum atomic E-state index is 14.4. The Morgan fingerprint density at radius 3 is 2.57 bits per heavy atom. The van der Waals surface area contributed by atoms with Gasteiger partial charge in [-0.15, -0.1) is 0 Å². The highest BCUT2D eigenvalue weighted by Gasteiger charge is 2.41. The minimum absolute atomic E-state index is 0.142. The number of hydrogen-bond acceptors (Lipinski definition) is 1. The number of hydrogen-bond donors (Lipinski definition) is 1. The Labute approximate surface area is 129 Å². The Hall–Kier alpha value is -1.38. The molecule has 0 amide bonds. The molecule has 3 heteroatoms. The van der Waals surface area contributed by atoms with E-state index < -0.39 is 5.54 Å². The molecule has 1 aliphatic rings. The lowest BCUT2D eigenvalue weighted by molar-refractivity contribution is 0.247. The van der Waals surface area contributed by atoms with Crippen LogP contribution in [0.5, 0.6) is 0 Å². The van der Waals surface area contributed by atoms with Crippen molar-refractivity contribution < 1.29 is 4.39 Å². The molecule has 21 heavy (non-hydrogen) atoms. The van der Waals surface area contributed by atoms with E-state index in [-0.39, 0.29) is 11.7 Å². The SMILES string of the molecule is NC1(c2ccc(Cl)cc2F)CCCCC1c1ccccc1. The van der Waals surface area contributed by atoms with Gasteiger partial charge in [0.15, 0.2) is 0 Å². The van der Waals surface area contributed by atoms with Gasteiger partial charge in [-0.05, 0) is 30.5 Å². The van der Waals surface area contributed by atoms with Crippen molar-refractivity contribution >= 4 is 11.6 Å². The third-order valence-electron chi connectivity index (χ3n) is 4.59. The molecule has 110 valence electrons. The first-order valence-electron chi connectivity index (χ1n) is 7.40. The molecule has 0 aromatic heterocycles. The van der Waals surface area contributed by atoms with Gasteiger partial charge in [0.25, 0.3) is 0 Å². The topological polar surface area (TPSA) is 26.0 Å². The Morgan fingerprint density at radius 1 is 1.10 bits per heavy atom. The summed E-state index contributed by atoms with van der Waals surface area (Å²) in [6.07, 6.45) is 3.95. The second-order valence-electron chi connectivity index (χ2n) is 5.87. The molecule has 1 saturated carbocycles. The summed E-state index contributed by atoms with van der Waals surface area (Å²) in [5.41, 5.74) is 7.84. The predicted octanol–water partition coefficient (Wildman–Crippen LogP) is 4.99. The lowest BCUT2D eigenvalue weighted by Crippen LogP contribution is -2.45. The van der Waals surface area contributed by atoms with Gasteiger partial charge in [0.05, 0.1) is 5.54 Å². The molecule has 2 N–H and O–H groups in total. The molecule has 1 aliphatic carbocycles. The van der Waals surface area contributed by atoms with Crippen LogP contribution in [-0.2, 0) is 5.54 Å². The molecule has 3 rings (SSSR count). The van der Waals surface area contributed by atoms with Crippen LogP contribution < -0.4 is 5.73 Å². The first-order valence-corrected chi connectivity index (χ1v) is 7.78. The van der Waals surface area contributed by atoms with Gasteiger partial charge in [-0.1, -0.05) is 60.8 Å². The van der Waals surface area contributed by atoms with Gasteiger partial charge in [0, 0.05) is 16.5 Å². The van der Waals surface area contributed by atoms with E-state index in [1.54, 1.807) is 12.1 Å². The molecular weight excluding hydrogens is 285 g/mol. The number of rotatable bonds is 2. The highest BCUT2D eigenvalue weighted by Crippen LogP contribution is 2.46.